The molecular weight excluding hydrogens is 146 g/mol. The van der Waals surface area contributed by atoms with E-state index in [-0.39, 0.29) is 0 Å². The van der Waals surface area contributed by atoms with Crippen molar-refractivity contribution in [2.75, 3.05) is 0 Å². The molecule has 0 spiro atoms. The Kier molecular flexibility index (Phi) is 1.41. The Labute approximate surface area is 63.9 Å². The lowest BCUT2D eigenvalue weighted by atomic mass is 10.1. The molecule has 1 radical (unpaired) electrons. The molecule has 0 N–H and O–H groups in total. The molecule has 57 valence electrons. The van der Waals surface area contributed by atoms with Gasteiger partial charge in [-0.2, -0.15) is 0 Å². The quantitative estimate of drug-likeness (QED) is 0.581. The van der Waals surface area contributed by atoms with Crippen LogP contribution in [0.2, 0.25) is 0 Å². The summed E-state index contributed by atoms with van der Waals surface area (Å²) in [5, 5.41) is 0. The Morgan fingerprint density at radius 1 is 1.18 bits per heavy atom. The zero-order chi connectivity index (χ0) is 7.84. The number of halogens is 2. The monoisotopic (exact) mass is 153 g/mol. The maximum absolute atomic E-state index is 12.6. The van der Waals surface area contributed by atoms with E-state index in [1.807, 2.05) is 0 Å². The predicted molar refractivity (Wildman–Crippen MR) is 38.0 cm³/mol. The van der Waals surface area contributed by atoms with Gasteiger partial charge >= 0.3 is 0 Å². The van der Waals surface area contributed by atoms with Gasteiger partial charge in [-0.1, -0.05) is 6.07 Å². The first-order valence-electron chi connectivity index (χ1n) is 3.55. The number of rotatable bonds is 1. The molecular formula is C9H7F2. The Morgan fingerprint density at radius 2 is 1.91 bits per heavy atom. The zero-order valence-corrected chi connectivity index (χ0v) is 5.85. The van der Waals surface area contributed by atoms with Gasteiger partial charge in [-0.15, -0.1) is 0 Å². The molecule has 0 amide bonds. The largest absolute Gasteiger partial charge is 0.204 e. The van der Waals surface area contributed by atoms with E-state index in [1.54, 1.807) is 6.07 Å². The van der Waals surface area contributed by atoms with Crippen LogP contribution in [-0.4, -0.2) is 0 Å². The summed E-state index contributed by atoms with van der Waals surface area (Å²) in [5.74, 6) is -1.15. The highest BCUT2D eigenvalue weighted by Crippen LogP contribution is 2.38. The van der Waals surface area contributed by atoms with Crippen molar-refractivity contribution in [2.45, 2.75) is 12.3 Å². The fourth-order valence-corrected chi connectivity index (χ4v) is 1.08. The highest BCUT2D eigenvalue weighted by atomic mass is 19.2. The fraction of sp³-hybridized carbons (Fsp3) is 0.222. The molecule has 0 saturated heterocycles. The summed E-state index contributed by atoms with van der Waals surface area (Å²) < 4.78 is 25.0. The number of hydrogen-bond donors (Lipinski definition) is 0. The Balaban J connectivity index is 2.36. The van der Waals surface area contributed by atoms with Crippen molar-refractivity contribution < 1.29 is 8.78 Å². The first-order chi connectivity index (χ1) is 5.27. The Hall–Kier alpha value is -0.920. The molecule has 1 fully saturated rings. The number of benzene rings is 1. The molecule has 1 aliphatic rings. The molecule has 2 heteroatoms. The van der Waals surface area contributed by atoms with Crippen LogP contribution >= 0.6 is 0 Å². The summed E-state index contributed by atoms with van der Waals surface area (Å²) in [6.45, 7) is 0. The van der Waals surface area contributed by atoms with Gasteiger partial charge in [0, 0.05) is 0 Å². The van der Waals surface area contributed by atoms with Gasteiger partial charge in [0.25, 0.3) is 0 Å². The molecule has 1 atom stereocenters. The smallest absolute Gasteiger partial charge is 0.159 e. The minimum absolute atomic E-state index is 0.366. The minimum atomic E-state index is -0.769. The van der Waals surface area contributed by atoms with Gasteiger partial charge in [0.1, 0.15) is 0 Å². The second-order valence-corrected chi connectivity index (χ2v) is 2.75. The lowest BCUT2D eigenvalue weighted by Crippen LogP contribution is -1.86. The standard InChI is InChI=1S/C9H7F2/c10-8-4-3-7(5-9(8)11)6-1-2-6/h1,3-6H,2H2. The average molecular weight is 153 g/mol. The van der Waals surface area contributed by atoms with Gasteiger partial charge in [0.05, 0.1) is 0 Å². The normalized spacial score (nSPS) is 16.9. The van der Waals surface area contributed by atoms with Crippen LogP contribution in [0.25, 0.3) is 0 Å². The van der Waals surface area contributed by atoms with Crippen LogP contribution in [0.1, 0.15) is 17.9 Å². The molecule has 0 aromatic heterocycles. The van der Waals surface area contributed by atoms with Gasteiger partial charge in [-0.05, 0) is 36.5 Å². The van der Waals surface area contributed by atoms with Crippen LogP contribution in [0.15, 0.2) is 18.2 Å². The van der Waals surface area contributed by atoms with Crippen LogP contribution in [0.3, 0.4) is 0 Å². The summed E-state index contributed by atoms with van der Waals surface area (Å²) in [6, 6.07) is 4.08. The van der Waals surface area contributed by atoms with E-state index >= 15 is 0 Å². The van der Waals surface area contributed by atoms with Crippen molar-refractivity contribution in [3.05, 3.63) is 41.8 Å². The van der Waals surface area contributed by atoms with E-state index in [1.165, 1.54) is 12.1 Å². The second kappa shape index (κ2) is 2.29. The van der Waals surface area contributed by atoms with E-state index in [4.69, 9.17) is 0 Å². The molecule has 1 aromatic rings. The first kappa shape index (κ1) is 6.77. The molecule has 1 aromatic carbocycles. The molecule has 1 unspecified atom stereocenters. The predicted octanol–water partition coefficient (Wildman–Crippen LogP) is 2.66. The Morgan fingerprint density at radius 3 is 2.45 bits per heavy atom. The molecule has 1 saturated carbocycles. The fourth-order valence-electron chi connectivity index (χ4n) is 1.08. The molecule has 0 heterocycles. The van der Waals surface area contributed by atoms with Gasteiger partial charge in [-0.25, -0.2) is 8.78 Å². The van der Waals surface area contributed by atoms with Gasteiger partial charge in [-0.3, -0.25) is 0 Å². The molecule has 2 rings (SSSR count). The summed E-state index contributed by atoms with van der Waals surface area (Å²) in [6.07, 6.45) is 3.05. The van der Waals surface area contributed by atoms with Crippen molar-refractivity contribution in [1.82, 2.24) is 0 Å². The molecule has 0 nitrogen and oxygen atoms in total. The zero-order valence-electron chi connectivity index (χ0n) is 5.85. The SMILES string of the molecule is Fc1ccc(C2[CH]C2)cc1F. The third-order valence-electron chi connectivity index (χ3n) is 1.84. The summed E-state index contributed by atoms with van der Waals surface area (Å²) >= 11 is 0. The van der Waals surface area contributed by atoms with Crippen molar-refractivity contribution in [3.63, 3.8) is 0 Å². The van der Waals surface area contributed by atoms with Crippen molar-refractivity contribution in [3.8, 4) is 0 Å². The number of hydrogen-bond acceptors (Lipinski definition) is 0. The first-order valence-corrected chi connectivity index (χ1v) is 3.55. The Bertz CT molecular complexity index is 277. The molecule has 0 bridgehead atoms. The lowest BCUT2D eigenvalue weighted by Gasteiger charge is -1.97. The maximum atomic E-state index is 12.6. The van der Waals surface area contributed by atoms with E-state index < -0.39 is 11.6 Å². The van der Waals surface area contributed by atoms with Gasteiger partial charge in [0.15, 0.2) is 11.6 Å². The topological polar surface area (TPSA) is 0 Å². The van der Waals surface area contributed by atoms with E-state index in [0.29, 0.717) is 5.92 Å². The van der Waals surface area contributed by atoms with Crippen molar-refractivity contribution >= 4 is 0 Å². The van der Waals surface area contributed by atoms with Crippen LogP contribution in [-0.2, 0) is 0 Å². The van der Waals surface area contributed by atoms with Crippen LogP contribution < -0.4 is 0 Å². The summed E-state index contributed by atoms with van der Waals surface area (Å²) in [7, 11) is 0. The van der Waals surface area contributed by atoms with E-state index in [9.17, 15) is 8.78 Å². The third kappa shape index (κ3) is 1.25. The van der Waals surface area contributed by atoms with Crippen molar-refractivity contribution in [1.29, 1.82) is 0 Å². The van der Waals surface area contributed by atoms with Crippen molar-refractivity contribution in [2.24, 2.45) is 0 Å². The summed E-state index contributed by atoms with van der Waals surface area (Å²) in [5.41, 5.74) is 0.879. The minimum Gasteiger partial charge on any atom is -0.204 e. The molecule has 1 aliphatic carbocycles. The van der Waals surface area contributed by atoms with Crippen LogP contribution in [0.4, 0.5) is 8.78 Å². The second-order valence-electron chi connectivity index (χ2n) is 2.75. The average Bonchev–Trinajstić information content (AvgIpc) is 2.77. The lowest BCUT2D eigenvalue weighted by molar-refractivity contribution is 0.507. The summed E-state index contributed by atoms with van der Waals surface area (Å²) in [4.78, 5) is 0. The van der Waals surface area contributed by atoms with Gasteiger partial charge < -0.3 is 0 Å². The highest BCUT2D eigenvalue weighted by Gasteiger charge is 2.24. The highest BCUT2D eigenvalue weighted by molar-refractivity contribution is 5.30. The van der Waals surface area contributed by atoms with E-state index in [2.05, 4.69) is 6.42 Å². The maximum Gasteiger partial charge on any atom is 0.159 e. The van der Waals surface area contributed by atoms with Crippen LogP contribution in [0.5, 0.6) is 0 Å². The van der Waals surface area contributed by atoms with Gasteiger partial charge in [0.2, 0.25) is 0 Å². The van der Waals surface area contributed by atoms with E-state index in [0.717, 1.165) is 12.0 Å². The third-order valence-corrected chi connectivity index (χ3v) is 1.84. The molecule has 0 aliphatic heterocycles. The van der Waals surface area contributed by atoms with Crippen LogP contribution in [0, 0.1) is 18.1 Å². The molecule has 11 heavy (non-hydrogen) atoms.